The van der Waals surface area contributed by atoms with E-state index >= 15 is 0 Å². The van der Waals surface area contributed by atoms with Crippen LogP contribution in [0, 0.1) is 5.92 Å². The molecule has 0 radical (unpaired) electrons. The molecule has 2 heterocycles. The zero-order valence-electron chi connectivity index (χ0n) is 12.0. The van der Waals surface area contributed by atoms with Gasteiger partial charge in [-0.1, -0.05) is 6.42 Å². The van der Waals surface area contributed by atoms with Gasteiger partial charge in [-0.15, -0.1) is 0 Å². The molecule has 7 heteroatoms. The lowest BCUT2D eigenvalue weighted by molar-refractivity contribution is -0.135. The monoisotopic (exact) mass is 304 g/mol. The van der Waals surface area contributed by atoms with Crippen LogP contribution in [0.1, 0.15) is 32.1 Å². The molecule has 0 bridgehead atoms. The van der Waals surface area contributed by atoms with Gasteiger partial charge >= 0.3 is 0 Å². The van der Waals surface area contributed by atoms with Crippen LogP contribution in [-0.2, 0) is 14.8 Å². The Morgan fingerprint density at radius 3 is 2.65 bits per heavy atom. The molecule has 2 aliphatic heterocycles. The fraction of sp³-hybridized carbons (Fsp3) is 0.923. The zero-order chi connectivity index (χ0) is 14.8. The molecule has 0 spiro atoms. The number of rotatable bonds is 4. The lowest BCUT2D eigenvalue weighted by atomic mass is 10.0. The fourth-order valence-electron chi connectivity index (χ4n) is 3.21. The molecule has 2 fully saturated rings. The van der Waals surface area contributed by atoms with E-state index in [1.165, 1.54) is 10.6 Å². The molecular formula is C13H24N2O4S. The second kappa shape index (κ2) is 6.41. The van der Waals surface area contributed by atoms with Gasteiger partial charge in [-0.05, 0) is 31.6 Å². The van der Waals surface area contributed by atoms with Gasteiger partial charge in [0.25, 0.3) is 0 Å². The van der Waals surface area contributed by atoms with Crippen molar-refractivity contribution >= 4 is 15.9 Å². The molecule has 0 aromatic heterocycles. The lowest BCUT2D eigenvalue weighted by Crippen LogP contribution is -2.52. The summed E-state index contributed by atoms with van der Waals surface area (Å²) in [6.07, 6.45) is 5.13. The summed E-state index contributed by atoms with van der Waals surface area (Å²) in [5, 5.41) is 8.96. The zero-order valence-corrected chi connectivity index (χ0v) is 12.8. The molecule has 116 valence electrons. The number of amides is 1. The summed E-state index contributed by atoms with van der Waals surface area (Å²) in [6.45, 7) is 1.92. The third-order valence-electron chi connectivity index (χ3n) is 4.30. The van der Waals surface area contributed by atoms with Crippen molar-refractivity contribution in [2.75, 3.05) is 32.5 Å². The highest BCUT2D eigenvalue weighted by molar-refractivity contribution is 7.88. The number of nitrogens with zero attached hydrogens (tertiary/aromatic N) is 2. The van der Waals surface area contributed by atoms with E-state index < -0.39 is 16.1 Å². The molecule has 0 aromatic carbocycles. The molecule has 2 rings (SSSR count). The summed E-state index contributed by atoms with van der Waals surface area (Å²) in [5.41, 5.74) is 0. The number of sulfonamides is 1. The van der Waals surface area contributed by atoms with Gasteiger partial charge in [0.2, 0.25) is 15.9 Å². The minimum atomic E-state index is -3.33. The average Bonchev–Trinajstić information content (AvgIpc) is 2.86. The van der Waals surface area contributed by atoms with Gasteiger partial charge in [-0.25, -0.2) is 8.42 Å². The first-order valence-electron chi connectivity index (χ1n) is 7.30. The van der Waals surface area contributed by atoms with Crippen LogP contribution >= 0.6 is 0 Å². The van der Waals surface area contributed by atoms with Crippen molar-refractivity contribution in [3.05, 3.63) is 0 Å². The van der Waals surface area contributed by atoms with E-state index in [1.807, 2.05) is 0 Å². The van der Waals surface area contributed by atoms with E-state index in [1.54, 1.807) is 4.90 Å². The Labute approximate surface area is 120 Å². The number of carbonyl (C=O) groups excluding carboxylic acids is 1. The molecule has 2 unspecified atom stereocenters. The van der Waals surface area contributed by atoms with Crippen molar-refractivity contribution in [3.63, 3.8) is 0 Å². The summed E-state index contributed by atoms with van der Waals surface area (Å²) in [6, 6.07) is -0.522. The fourth-order valence-corrected chi connectivity index (χ4v) is 4.33. The van der Waals surface area contributed by atoms with Crippen LogP contribution in [0.25, 0.3) is 0 Å². The Bertz CT molecular complexity index is 451. The lowest BCUT2D eigenvalue weighted by Gasteiger charge is -2.35. The van der Waals surface area contributed by atoms with E-state index in [0.717, 1.165) is 19.3 Å². The first-order valence-corrected chi connectivity index (χ1v) is 9.14. The van der Waals surface area contributed by atoms with Crippen LogP contribution in [0.5, 0.6) is 0 Å². The van der Waals surface area contributed by atoms with Gasteiger partial charge < -0.3 is 10.0 Å². The first-order chi connectivity index (χ1) is 9.43. The Morgan fingerprint density at radius 2 is 2.00 bits per heavy atom. The van der Waals surface area contributed by atoms with Gasteiger partial charge in [-0.3, -0.25) is 4.79 Å². The summed E-state index contributed by atoms with van der Waals surface area (Å²) in [7, 11) is -3.33. The molecule has 2 aliphatic rings. The summed E-state index contributed by atoms with van der Waals surface area (Å²) in [4.78, 5) is 14.3. The predicted octanol–water partition coefficient (Wildman–Crippen LogP) is 0.0314. The summed E-state index contributed by atoms with van der Waals surface area (Å²) >= 11 is 0. The second-order valence-corrected chi connectivity index (χ2v) is 7.77. The van der Waals surface area contributed by atoms with Crippen LogP contribution < -0.4 is 0 Å². The molecule has 20 heavy (non-hydrogen) atoms. The number of likely N-dealkylation sites (tertiary alicyclic amines) is 1. The number of piperidine rings is 1. The van der Waals surface area contributed by atoms with Crippen molar-refractivity contribution in [1.29, 1.82) is 0 Å². The van der Waals surface area contributed by atoms with E-state index in [4.69, 9.17) is 5.11 Å². The van der Waals surface area contributed by atoms with Crippen molar-refractivity contribution in [1.82, 2.24) is 9.21 Å². The summed E-state index contributed by atoms with van der Waals surface area (Å²) in [5.74, 6) is 0.287. The second-order valence-electron chi connectivity index (χ2n) is 5.84. The van der Waals surface area contributed by atoms with Crippen LogP contribution in [0.4, 0.5) is 0 Å². The standard InChI is InChI=1S/C13H24N2O4S/c1-20(18,19)15-7-3-2-4-12(15)13(17)14-8-5-11(10-14)6-9-16/h11-12,16H,2-10H2,1H3. The van der Waals surface area contributed by atoms with E-state index in [9.17, 15) is 13.2 Å². The average molecular weight is 304 g/mol. The number of hydrogen-bond acceptors (Lipinski definition) is 4. The van der Waals surface area contributed by atoms with Gasteiger partial charge in [0.1, 0.15) is 6.04 Å². The maximum absolute atomic E-state index is 12.6. The molecule has 0 aromatic rings. The SMILES string of the molecule is CS(=O)(=O)N1CCCCC1C(=O)N1CCC(CCO)C1. The van der Waals surface area contributed by atoms with E-state index in [0.29, 0.717) is 38.4 Å². The van der Waals surface area contributed by atoms with Crippen molar-refractivity contribution < 1.29 is 18.3 Å². The van der Waals surface area contributed by atoms with E-state index in [-0.39, 0.29) is 12.5 Å². The van der Waals surface area contributed by atoms with Crippen molar-refractivity contribution in [2.24, 2.45) is 5.92 Å². The predicted molar refractivity (Wildman–Crippen MR) is 75.6 cm³/mol. The van der Waals surface area contributed by atoms with Gasteiger partial charge in [-0.2, -0.15) is 4.31 Å². The van der Waals surface area contributed by atoms with Crippen LogP contribution in [0.3, 0.4) is 0 Å². The highest BCUT2D eigenvalue weighted by Crippen LogP contribution is 2.25. The molecule has 0 aliphatic carbocycles. The van der Waals surface area contributed by atoms with Gasteiger partial charge in [0, 0.05) is 26.2 Å². The largest absolute Gasteiger partial charge is 0.396 e. The molecule has 1 amide bonds. The normalized spacial score (nSPS) is 28.8. The summed E-state index contributed by atoms with van der Waals surface area (Å²) < 4.78 is 25.0. The number of aliphatic hydroxyl groups excluding tert-OH is 1. The molecule has 2 atom stereocenters. The Balaban J connectivity index is 2.04. The molecule has 2 saturated heterocycles. The van der Waals surface area contributed by atoms with Crippen molar-refractivity contribution in [3.8, 4) is 0 Å². The Morgan fingerprint density at radius 1 is 1.25 bits per heavy atom. The minimum absolute atomic E-state index is 0.0597. The van der Waals surface area contributed by atoms with Crippen LogP contribution in [0.2, 0.25) is 0 Å². The van der Waals surface area contributed by atoms with Gasteiger partial charge in [0.05, 0.1) is 6.26 Å². The third-order valence-corrected chi connectivity index (χ3v) is 5.59. The molecular weight excluding hydrogens is 280 g/mol. The third kappa shape index (κ3) is 3.51. The van der Waals surface area contributed by atoms with Crippen LogP contribution in [-0.4, -0.2) is 67.2 Å². The number of aliphatic hydroxyl groups is 1. The maximum Gasteiger partial charge on any atom is 0.241 e. The Hall–Kier alpha value is -0.660. The molecule has 6 nitrogen and oxygen atoms in total. The molecule has 0 saturated carbocycles. The minimum Gasteiger partial charge on any atom is -0.396 e. The van der Waals surface area contributed by atoms with Crippen molar-refractivity contribution in [2.45, 2.75) is 38.1 Å². The number of carbonyl (C=O) groups is 1. The van der Waals surface area contributed by atoms with E-state index in [2.05, 4.69) is 0 Å². The van der Waals surface area contributed by atoms with Gasteiger partial charge in [0.15, 0.2) is 0 Å². The smallest absolute Gasteiger partial charge is 0.241 e. The first kappa shape index (κ1) is 15.7. The maximum atomic E-state index is 12.6. The highest BCUT2D eigenvalue weighted by atomic mass is 32.2. The number of hydrogen-bond donors (Lipinski definition) is 1. The topological polar surface area (TPSA) is 77.9 Å². The molecule has 1 N–H and O–H groups in total. The Kier molecular flexibility index (Phi) is 5.04. The van der Waals surface area contributed by atoms with Crippen LogP contribution in [0.15, 0.2) is 0 Å². The highest BCUT2D eigenvalue weighted by Gasteiger charge is 2.38. The quantitative estimate of drug-likeness (QED) is 0.795.